The summed E-state index contributed by atoms with van der Waals surface area (Å²) in [4.78, 5) is 0. The summed E-state index contributed by atoms with van der Waals surface area (Å²) in [6.45, 7) is 0. The van der Waals surface area contributed by atoms with E-state index in [1.165, 1.54) is 89.4 Å². The molecule has 0 atom stereocenters. The molecular formula is C56H40B. The van der Waals surface area contributed by atoms with Gasteiger partial charge in [0.2, 0.25) is 0 Å². The number of hydrogen-bond acceptors (Lipinski definition) is 0. The van der Waals surface area contributed by atoms with Gasteiger partial charge in [0.25, 0.3) is 0 Å². The van der Waals surface area contributed by atoms with Gasteiger partial charge >= 0.3 is 0 Å². The molecule has 0 unspecified atom stereocenters. The van der Waals surface area contributed by atoms with Crippen molar-refractivity contribution in [3.05, 3.63) is 299 Å². The van der Waals surface area contributed by atoms with E-state index in [0.717, 1.165) is 0 Å². The predicted molar refractivity (Wildman–Crippen MR) is 242 cm³/mol. The lowest BCUT2D eigenvalue weighted by Gasteiger charge is -2.48. The molecule has 0 aliphatic carbocycles. The highest BCUT2D eigenvalue weighted by atomic mass is 14.5. The van der Waals surface area contributed by atoms with Gasteiger partial charge in [-0.25, -0.2) is 0 Å². The molecule has 10 rings (SSSR count). The van der Waals surface area contributed by atoms with Crippen LogP contribution in [-0.4, -0.2) is 6.15 Å². The van der Waals surface area contributed by atoms with E-state index in [1.807, 2.05) is 0 Å². The van der Waals surface area contributed by atoms with Crippen LogP contribution in [0, 0.1) is 11.6 Å². The Morgan fingerprint density at radius 2 is 0.526 bits per heavy atom. The van der Waals surface area contributed by atoms with E-state index in [-0.39, 0.29) is 0 Å². The van der Waals surface area contributed by atoms with Crippen molar-refractivity contribution in [3.8, 4) is 0 Å². The summed E-state index contributed by atoms with van der Waals surface area (Å²) in [7, 11) is 0. The Hall–Kier alpha value is -7.09. The van der Waals surface area contributed by atoms with Gasteiger partial charge < -0.3 is 0 Å². The summed E-state index contributed by atoms with van der Waals surface area (Å²) in [6.07, 6.45) is -1.98. The highest BCUT2D eigenvalue weighted by Gasteiger charge is 2.61. The molecule has 0 bridgehead atoms. The molecule has 57 heavy (non-hydrogen) atoms. The Balaban J connectivity index is 1.51. The quantitative estimate of drug-likeness (QED) is 0.108. The lowest BCUT2D eigenvalue weighted by atomic mass is 9.07. The summed E-state index contributed by atoms with van der Waals surface area (Å²) in [5.74, 6) is 2.69. The van der Waals surface area contributed by atoms with Crippen LogP contribution in [0.3, 0.4) is 0 Å². The Bertz CT molecular complexity index is 2530. The number of hydrogen-bond donors (Lipinski definition) is 0. The molecular weight excluding hydrogens is 683 g/mol. The minimum absolute atomic E-state index is 1.21. The zero-order valence-electron chi connectivity index (χ0n) is 31.7. The summed E-state index contributed by atoms with van der Waals surface area (Å²) >= 11 is 0. The third-order valence-corrected chi connectivity index (χ3v) is 11.9. The second-order valence-corrected chi connectivity index (χ2v) is 14.9. The van der Waals surface area contributed by atoms with E-state index in [1.54, 1.807) is 0 Å². The molecule has 0 nitrogen and oxygen atoms in total. The van der Waals surface area contributed by atoms with E-state index in [0.29, 0.717) is 0 Å². The third-order valence-electron chi connectivity index (χ3n) is 11.9. The zero-order chi connectivity index (χ0) is 38.0. The van der Waals surface area contributed by atoms with Crippen LogP contribution < -0.4 is 0 Å². The van der Waals surface area contributed by atoms with Gasteiger partial charge in [-0.05, 0) is 64.7 Å². The van der Waals surface area contributed by atoms with Gasteiger partial charge in [0.15, 0.2) is 0 Å². The van der Waals surface area contributed by atoms with Gasteiger partial charge in [-0.15, -0.1) is 5.82 Å². The first-order valence-corrected chi connectivity index (χ1v) is 19.9. The van der Waals surface area contributed by atoms with Crippen LogP contribution >= 0.6 is 0 Å². The topological polar surface area (TPSA) is 0 Å². The van der Waals surface area contributed by atoms with Gasteiger partial charge in [0.05, 0.1) is 0 Å². The maximum Gasteiger partial charge on any atom is 0.145 e. The Morgan fingerprint density at radius 1 is 0.246 bits per heavy atom. The second kappa shape index (κ2) is 14.9. The molecule has 0 aromatic heterocycles. The normalized spacial score (nSPS) is 15.2. The Morgan fingerprint density at radius 3 is 0.895 bits per heavy atom. The molecule has 2 aliphatic rings. The molecule has 1 radical (unpaired) electrons. The fourth-order valence-corrected chi connectivity index (χ4v) is 9.94. The Labute approximate surface area is 336 Å². The van der Waals surface area contributed by atoms with Crippen molar-refractivity contribution >= 4 is 39.4 Å². The lowest BCUT2D eigenvalue weighted by Crippen LogP contribution is -2.48. The zero-order valence-corrected chi connectivity index (χ0v) is 31.7. The maximum absolute atomic E-state index is 2.34. The fourth-order valence-electron chi connectivity index (χ4n) is 9.94. The average Bonchev–Trinajstić information content (AvgIpc) is 3.79. The summed E-state index contributed by atoms with van der Waals surface area (Å²) in [5.41, 5.74) is 17.5. The standard InChI is InChI=1S/C56H40B/c1-9-25-41(26-10-1)49-50(42-27-11-2-12-28-42)54(46-35-19-6-20-36-46)57(53(49)45-33-17-5-18-34-45)55(47-37-21-7-22-38-47)51(43-29-13-3-14-30-43)52(44-31-15-4-16-32-44)56(57)48-39-23-8-24-40-48/h1-40H. The van der Waals surface area contributed by atoms with Crippen LogP contribution in [-0.2, 0) is 0 Å². The van der Waals surface area contributed by atoms with Gasteiger partial charge in [0, 0.05) is 40.0 Å². The van der Waals surface area contributed by atoms with E-state index in [4.69, 9.17) is 0 Å². The second-order valence-electron chi connectivity index (χ2n) is 14.9. The first-order chi connectivity index (χ1) is 28.4. The summed E-state index contributed by atoms with van der Waals surface area (Å²) < 4.78 is 0. The van der Waals surface area contributed by atoms with Crippen LogP contribution in [0.25, 0.3) is 33.2 Å². The number of rotatable bonds is 8. The minimum Gasteiger partial charge on any atom is -0.174 e. The molecule has 1 heteroatoms. The molecule has 0 saturated carbocycles. The van der Waals surface area contributed by atoms with Crippen molar-refractivity contribution in [2.24, 2.45) is 0 Å². The average molecular weight is 724 g/mol. The van der Waals surface area contributed by atoms with Crippen LogP contribution in [0.15, 0.2) is 243 Å². The summed E-state index contributed by atoms with van der Waals surface area (Å²) in [6, 6.07) is 89.5. The van der Waals surface area contributed by atoms with Crippen molar-refractivity contribution in [1.29, 1.82) is 0 Å². The molecule has 0 saturated heterocycles. The van der Waals surface area contributed by atoms with E-state index in [9.17, 15) is 0 Å². The number of allylic oxidation sites excluding steroid dienone is 4. The molecule has 0 amide bonds. The van der Waals surface area contributed by atoms with E-state index in [2.05, 4.69) is 243 Å². The minimum atomic E-state index is -1.98. The molecule has 0 fully saturated rings. The summed E-state index contributed by atoms with van der Waals surface area (Å²) in [5, 5.41) is 0. The fraction of sp³-hybridized carbons (Fsp3) is 0. The maximum atomic E-state index is 2.34. The molecule has 2 aliphatic heterocycles. The van der Waals surface area contributed by atoms with Gasteiger partial charge in [-0.3, -0.25) is 0 Å². The van der Waals surface area contributed by atoms with E-state index >= 15 is 0 Å². The van der Waals surface area contributed by atoms with Gasteiger partial charge in [-0.2, -0.15) is 10.9 Å². The predicted octanol–water partition coefficient (Wildman–Crippen LogP) is 13.7. The highest BCUT2D eigenvalue weighted by Crippen LogP contribution is 2.71. The highest BCUT2D eigenvalue weighted by molar-refractivity contribution is 7.25. The van der Waals surface area contributed by atoms with Gasteiger partial charge in [0.1, 0.15) is 6.15 Å². The SMILES string of the molecule is c1ccc([C]2C(c3ccccc3)=C(c3ccccc3)[C+](c3ccccc3)[B-]23C(c2ccccc2)=C(c2ccccc2)C(c2ccccc2)=C3c2ccccc2)cc1. The molecule has 8 aromatic rings. The molecule has 2 heterocycles. The third kappa shape index (κ3) is 5.74. The largest absolute Gasteiger partial charge is 0.174 e. The van der Waals surface area contributed by atoms with Gasteiger partial charge in [-0.1, -0.05) is 211 Å². The molecule has 1 spiro atoms. The van der Waals surface area contributed by atoms with Crippen LogP contribution in [0.5, 0.6) is 0 Å². The Kier molecular flexibility index (Phi) is 8.97. The van der Waals surface area contributed by atoms with Crippen molar-refractivity contribution in [3.63, 3.8) is 0 Å². The van der Waals surface area contributed by atoms with Crippen molar-refractivity contribution in [2.75, 3.05) is 0 Å². The molecule has 8 aromatic carbocycles. The smallest absolute Gasteiger partial charge is 0.145 e. The first-order valence-electron chi connectivity index (χ1n) is 19.9. The number of benzene rings is 8. The van der Waals surface area contributed by atoms with Crippen LogP contribution in [0.4, 0.5) is 0 Å². The van der Waals surface area contributed by atoms with E-state index < -0.39 is 6.15 Å². The molecule has 0 N–H and O–H groups in total. The molecule has 267 valence electrons. The van der Waals surface area contributed by atoms with Crippen LogP contribution in [0.1, 0.15) is 44.5 Å². The monoisotopic (exact) mass is 723 g/mol. The van der Waals surface area contributed by atoms with Crippen molar-refractivity contribution in [1.82, 2.24) is 0 Å². The van der Waals surface area contributed by atoms with Crippen molar-refractivity contribution < 1.29 is 0 Å². The van der Waals surface area contributed by atoms with Crippen molar-refractivity contribution in [2.45, 2.75) is 0 Å². The first kappa shape index (κ1) is 34.4. The lowest BCUT2D eigenvalue weighted by molar-refractivity contribution is 1.41. The van der Waals surface area contributed by atoms with Crippen LogP contribution in [0.2, 0.25) is 0 Å².